The zero-order valence-electron chi connectivity index (χ0n) is 25.4. The summed E-state index contributed by atoms with van der Waals surface area (Å²) in [6.45, 7) is 13.1. The van der Waals surface area contributed by atoms with Gasteiger partial charge in [0.2, 0.25) is 0 Å². The molecule has 3 N–H and O–H groups in total. The fourth-order valence-corrected chi connectivity index (χ4v) is 4.82. The minimum absolute atomic E-state index is 0. The molecule has 2 heterocycles. The van der Waals surface area contributed by atoms with Gasteiger partial charge in [0.15, 0.2) is 0 Å². The van der Waals surface area contributed by atoms with Gasteiger partial charge < -0.3 is 30.1 Å². The van der Waals surface area contributed by atoms with Crippen LogP contribution >= 0.6 is 0 Å². The number of aryl methyl sites for hydroxylation is 2. The molecule has 0 unspecified atom stereocenters. The molecule has 2 radical (unpaired) electrons. The molecule has 220 valence electrons. The number of anilines is 3. The quantitative estimate of drug-likeness (QED) is 0.221. The molecule has 9 heteroatoms. The fourth-order valence-electron chi connectivity index (χ4n) is 4.82. The normalized spacial score (nSPS) is 14.1. The summed E-state index contributed by atoms with van der Waals surface area (Å²) in [6.07, 6.45) is 0. The van der Waals surface area contributed by atoms with E-state index in [9.17, 15) is 0 Å². The van der Waals surface area contributed by atoms with Gasteiger partial charge in [-0.25, -0.2) is 0 Å². The Hall–Kier alpha value is -1.57. The van der Waals surface area contributed by atoms with Crippen LogP contribution in [0.3, 0.4) is 0 Å². The first kappa shape index (κ1) is 37.6. The van der Waals surface area contributed by atoms with Gasteiger partial charge in [0.1, 0.15) is 0 Å². The van der Waals surface area contributed by atoms with Crippen LogP contribution in [0.2, 0.25) is 0 Å². The Morgan fingerprint density at radius 3 is 1.26 bits per heavy atom. The summed E-state index contributed by atoms with van der Waals surface area (Å²) in [4.78, 5) is 7.33. The molecule has 2 fully saturated rings. The number of rotatable bonds is 4. The average Bonchev–Trinajstić information content (AvgIpc) is 3.04. The van der Waals surface area contributed by atoms with Crippen molar-refractivity contribution in [1.82, 2.24) is 5.32 Å². The van der Waals surface area contributed by atoms with Gasteiger partial charge in [-0.05, 0) is 38.1 Å². The van der Waals surface area contributed by atoms with Crippen molar-refractivity contribution in [3.63, 3.8) is 0 Å². The van der Waals surface area contributed by atoms with Gasteiger partial charge in [-0.15, -0.1) is 17.6 Å². The summed E-state index contributed by atoms with van der Waals surface area (Å²) < 4.78 is 0. The molecule has 43 heavy (non-hydrogen) atoms. The van der Waals surface area contributed by atoms with Crippen LogP contribution in [-0.4, -0.2) is 69.5 Å². The minimum Gasteiger partial charge on any atom is -0.425 e. The van der Waals surface area contributed by atoms with Crippen molar-refractivity contribution < 1.29 is 75.5 Å². The van der Waals surface area contributed by atoms with Crippen molar-refractivity contribution in [2.75, 3.05) is 67.1 Å². The Labute approximate surface area is 308 Å². The van der Waals surface area contributed by atoms with Crippen LogP contribution in [0.4, 0.5) is 17.1 Å². The SMILES string of the molecule is Cc1ccc(N2CCN(c3cc[c-]cc3)CC2)cc1.Cc1ccc(N2CCNCC2)cc1.OB(O)c1cc[c-]cc1.[Y].[Y]. The van der Waals surface area contributed by atoms with Gasteiger partial charge in [-0.3, -0.25) is 0 Å². The van der Waals surface area contributed by atoms with Gasteiger partial charge in [-0.1, -0.05) is 41.1 Å². The minimum atomic E-state index is -1.36. The second kappa shape index (κ2) is 20.5. The number of hydrogen-bond donors (Lipinski definition) is 3. The van der Waals surface area contributed by atoms with E-state index in [4.69, 9.17) is 10.0 Å². The third-order valence-corrected chi connectivity index (χ3v) is 7.30. The first-order chi connectivity index (χ1) is 20.0. The molecule has 6 rings (SSSR count). The summed E-state index contributed by atoms with van der Waals surface area (Å²) in [7, 11) is -1.36. The molecule has 2 aliphatic heterocycles. The molecule has 0 bridgehead atoms. The van der Waals surface area contributed by atoms with Crippen LogP contribution in [0.5, 0.6) is 0 Å². The van der Waals surface area contributed by atoms with Gasteiger partial charge in [0.25, 0.3) is 0 Å². The van der Waals surface area contributed by atoms with Gasteiger partial charge in [0.05, 0.1) is 0 Å². The first-order valence-electron chi connectivity index (χ1n) is 14.4. The maximum atomic E-state index is 8.57. The second-order valence-corrected chi connectivity index (χ2v) is 10.3. The van der Waals surface area contributed by atoms with Crippen molar-refractivity contribution in [3.05, 3.63) is 120 Å². The molecule has 6 nitrogen and oxygen atoms in total. The van der Waals surface area contributed by atoms with Crippen molar-refractivity contribution in [1.29, 1.82) is 0 Å². The molecule has 0 atom stereocenters. The zero-order valence-corrected chi connectivity index (χ0v) is 31.0. The summed E-state index contributed by atoms with van der Waals surface area (Å²) in [6, 6.07) is 38.2. The number of hydrogen-bond acceptors (Lipinski definition) is 6. The summed E-state index contributed by atoms with van der Waals surface area (Å²) >= 11 is 0. The van der Waals surface area contributed by atoms with E-state index in [2.05, 4.69) is 107 Å². The standard InChI is InChI=1S/C17H19N2.C11H16N2.C6H6BO2.2Y/c1-15-7-9-17(10-8-15)19-13-11-18(12-14-19)16-5-3-2-4-6-16;1-10-2-4-11(5-3-10)13-8-6-12-7-9-13;8-7(9)6-4-2-1-3-5-6;;/h3-10H,11-14H2,1H3;2-5,12H,6-9H2,1H3;2-5,8-9H;;/q-1;;-1;;. The number of benzene rings is 4. The Bertz CT molecular complexity index is 1270. The molecule has 4 aromatic carbocycles. The summed E-state index contributed by atoms with van der Waals surface area (Å²) in [5, 5.41) is 20.5. The fraction of sp³-hybridized carbons (Fsp3) is 0.294. The number of nitrogens with zero attached hydrogens (tertiary/aromatic N) is 3. The molecular weight excluding hydrogens is 685 g/mol. The van der Waals surface area contributed by atoms with E-state index in [1.54, 1.807) is 24.3 Å². The van der Waals surface area contributed by atoms with Crippen molar-refractivity contribution >= 4 is 29.6 Å². The van der Waals surface area contributed by atoms with Crippen LogP contribution in [-0.2, 0) is 65.4 Å². The average molecular weight is 726 g/mol. The maximum Gasteiger partial charge on any atom is 0.462 e. The van der Waals surface area contributed by atoms with Crippen molar-refractivity contribution in [2.24, 2.45) is 0 Å². The largest absolute Gasteiger partial charge is 0.462 e. The molecule has 4 aromatic rings. The Morgan fingerprint density at radius 2 is 0.884 bits per heavy atom. The summed E-state index contributed by atoms with van der Waals surface area (Å²) in [5.41, 5.74) is 7.15. The zero-order chi connectivity index (χ0) is 28.9. The maximum absolute atomic E-state index is 8.57. The predicted molar refractivity (Wildman–Crippen MR) is 172 cm³/mol. The van der Waals surface area contributed by atoms with Gasteiger partial charge >= 0.3 is 7.12 Å². The Kier molecular flexibility index (Phi) is 17.9. The molecule has 2 saturated heterocycles. The molecular formula is C34H41BN4O2Y2-2. The number of nitrogens with one attached hydrogen (secondary N) is 1. The third-order valence-electron chi connectivity index (χ3n) is 7.30. The van der Waals surface area contributed by atoms with Crippen molar-refractivity contribution in [2.45, 2.75) is 13.8 Å². The molecule has 2 aliphatic rings. The Morgan fingerprint density at radius 1 is 0.535 bits per heavy atom. The smallest absolute Gasteiger partial charge is 0.425 e. The third kappa shape index (κ3) is 12.8. The van der Waals surface area contributed by atoms with E-state index >= 15 is 0 Å². The monoisotopic (exact) mass is 726 g/mol. The molecule has 0 aromatic heterocycles. The van der Waals surface area contributed by atoms with Crippen LogP contribution in [0.1, 0.15) is 11.1 Å². The van der Waals surface area contributed by atoms with Gasteiger partial charge in [-0.2, -0.15) is 48.5 Å². The molecule has 0 amide bonds. The Balaban J connectivity index is 0.000000236. The molecule has 0 spiro atoms. The van der Waals surface area contributed by atoms with E-state index < -0.39 is 7.12 Å². The van der Waals surface area contributed by atoms with E-state index in [0.29, 0.717) is 5.46 Å². The first-order valence-corrected chi connectivity index (χ1v) is 14.4. The van der Waals surface area contributed by atoms with E-state index in [1.165, 1.54) is 28.2 Å². The number of piperazine rings is 2. The van der Waals surface area contributed by atoms with E-state index in [1.807, 2.05) is 12.1 Å². The van der Waals surface area contributed by atoms with Crippen molar-refractivity contribution in [3.8, 4) is 0 Å². The van der Waals surface area contributed by atoms with Crippen LogP contribution in [0, 0.1) is 26.0 Å². The van der Waals surface area contributed by atoms with Gasteiger partial charge in [0, 0.05) is 129 Å². The predicted octanol–water partition coefficient (Wildman–Crippen LogP) is 3.69. The van der Waals surface area contributed by atoms with E-state index in [0.717, 1.165) is 52.4 Å². The summed E-state index contributed by atoms with van der Waals surface area (Å²) in [5.74, 6) is 0. The van der Waals surface area contributed by atoms with Crippen LogP contribution in [0.15, 0.2) is 97.1 Å². The van der Waals surface area contributed by atoms with Crippen LogP contribution in [0.25, 0.3) is 0 Å². The second-order valence-electron chi connectivity index (χ2n) is 10.3. The molecule has 0 saturated carbocycles. The van der Waals surface area contributed by atoms with E-state index in [-0.39, 0.29) is 65.4 Å². The van der Waals surface area contributed by atoms with Crippen LogP contribution < -0.4 is 25.5 Å². The topological polar surface area (TPSA) is 62.2 Å². The molecule has 0 aliphatic carbocycles.